The first-order valence-corrected chi connectivity index (χ1v) is 8.18. The van der Waals surface area contributed by atoms with E-state index < -0.39 is 0 Å². The zero-order valence-corrected chi connectivity index (χ0v) is 13.5. The maximum absolute atomic E-state index is 12.7. The summed E-state index contributed by atoms with van der Waals surface area (Å²) < 4.78 is 0. The van der Waals surface area contributed by atoms with Gasteiger partial charge in [-0.3, -0.25) is 4.79 Å². The van der Waals surface area contributed by atoms with Crippen molar-refractivity contribution >= 4 is 28.8 Å². The lowest BCUT2D eigenvalue weighted by Gasteiger charge is -2.25. The normalized spacial score (nSPS) is 16.8. The predicted molar refractivity (Wildman–Crippen MR) is 91.5 cm³/mol. The van der Waals surface area contributed by atoms with Gasteiger partial charge in [-0.15, -0.1) is 0 Å². The Hall–Kier alpha value is -1.42. The van der Waals surface area contributed by atoms with Gasteiger partial charge < -0.3 is 10.6 Å². The summed E-state index contributed by atoms with van der Waals surface area (Å²) in [5, 5.41) is 0. The average Bonchev–Trinajstić information content (AvgIpc) is 2.45. The second-order valence-electron chi connectivity index (χ2n) is 5.85. The summed E-state index contributed by atoms with van der Waals surface area (Å²) in [4.78, 5) is 14.8. The third-order valence-electron chi connectivity index (χ3n) is 4.32. The highest BCUT2D eigenvalue weighted by Crippen LogP contribution is 2.25. The topological polar surface area (TPSA) is 46.3 Å². The lowest BCUT2D eigenvalue weighted by molar-refractivity contribution is -0.122. The van der Waals surface area contributed by atoms with Gasteiger partial charge in [0.05, 0.1) is 0 Å². The molecule has 0 saturated heterocycles. The number of hydrogen-bond donors (Lipinski definition) is 1. The molecule has 114 valence electrons. The van der Waals surface area contributed by atoms with E-state index in [0.717, 1.165) is 24.1 Å². The van der Waals surface area contributed by atoms with E-state index in [1.54, 1.807) is 4.90 Å². The Kier molecular flexibility index (Phi) is 5.74. The van der Waals surface area contributed by atoms with Crippen molar-refractivity contribution in [2.24, 2.45) is 11.7 Å². The van der Waals surface area contributed by atoms with Crippen LogP contribution in [0.3, 0.4) is 0 Å². The van der Waals surface area contributed by atoms with Crippen LogP contribution < -0.4 is 10.6 Å². The van der Waals surface area contributed by atoms with Crippen LogP contribution in [0, 0.1) is 5.92 Å². The zero-order chi connectivity index (χ0) is 15.2. The van der Waals surface area contributed by atoms with Crippen molar-refractivity contribution in [3.05, 3.63) is 29.8 Å². The monoisotopic (exact) mass is 304 g/mol. The van der Waals surface area contributed by atoms with Crippen molar-refractivity contribution in [3.8, 4) is 0 Å². The number of benzene rings is 1. The van der Waals surface area contributed by atoms with Crippen LogP contribution >= 0.6 is 12.2 Å². The minimum absolute atomic E-state index is 0.172. The standard InChI is InChI=1S/C17H24N2OS/c1-19(15-11-9-13(10-12-15)16(18)21)17(20)14-7-5-3-2-4-6-8-14/h9-12,14H,2-8H2,1H3,(H2,18,21). The van der Waals surface area contributed by atoms with Gasteiger partial charge in [0.25, 0.3) is 0 Å². The molecule has 4 heteroatoms. The van der Waals surface area contributed by atoms with Crippen LogP contribution in [0.25, 0.3) is 0 Å². The van der Waals surface area contributed by atoms with Crippen molar-refractivity contribution in [2.75, 3.05) is 11.9 Å². The molecular weight excluding hydrogens is 280 g/mol. The molecule has 0 unspecified atom stereocenters. The van der Waals surface area contributed by atoms with Gasteiger partial charge in [-0.1, -0.05) is 44.3 Å². The second kappa shape index (κ2) is 7.55. The van der Waals surface area contributed by atoms with E-state index in [-0.39, 0.29) is 11.8 Å². The number of carbonyl (C=O) groups excluding carboxylic acids is 1. The Morgan fingerprint density at radius 3 is 2.14 bits per heavy atom. The molecule has 0 spiro atoms. The summed E-state index contributed by atoms with van der Waals surface area (Å²) in [7, 11) is 1.86. The van der Waals surface area contributed by atoms with Gasteiger partial charge in [-0.25, -0.2) is 0 Å². The summed E-state index contributed by atoms with van der Waals surface area (Å²) in [6.45, 7) is 0. The number of carbonyl (C=O) groups is 1. The van der Waals surface area contributed by atoms with Crippen molar-refractivity contribution in [2.45, 2.75) is 44.9 Å². The van der Waals surface area contributed by atoms with E-state index in [1.165, 1.54) is 32.1 Å². The molecule has 1 saturated carbocycles. The lowest BCUT2D eigenvalue weighted by atomic mass is 9.90. The number of thiocarbonyl (C=S) groups is 1. The van der Waals surface area contributed by atoms with Crippen LogP contribution in [-0.2, 0) is 4.79 Å². The maximum atomic E-state index is 12.7. The summed E-state index contributed by atoms with van der Waals surface area (Å²) in [5.41, 5.74) is 7.34. The number of hydrogen-bond acceptors (Lipinski definition) is 2. The fourth-order valence-corrected chi connectivity index (χ4v) is 3.09. The number of amides is 1. The number of nitrogens with zero attached hydrogens (tertiary/aromatic N) is 1. The molecule has 0 aliphatic heterocycles. The van der Waals surface area contributed by atoms with Gasteiger partial charge in [-0.2, -0.15) is 0 Å². The Morgan fingerprint density at radius 1 is 1.10 bits per heavy atom. The van der Waals surface area contributed by atoms with E-state index >= 15 is 0 Å². The molecule has 0 heterocycles. The van der Waals surface area contributed by atoms with Crippen molar-refractivity contribution in [3.63, 3.8) is 0 Å². The van der Waals surface area contributed by atoms with Crippen molar-refractivity contribution in [1.29, 1.82) is 0 Å². The highest BCUT2D eigenvalue weighted by Gasteiger charge is 2.23. The molecule has 2 rings (SSSR count). The van der Waals surface area contributed by atoms with Gasteiger partial charge in [0.1, 0.15) is 4.99 Å². The van der Waals surface area contributed by atoms with Crippen LogP contribution in [-0.4, -0.2) is 17.9 Å². The molecule has 21 heavy (non-hydrogen) atoms. The van der Waals surface area contributed by atoms with Crippen LogP contribution in [0.15, 0.2) is 24.3 Å². The van der Waals surface area contributed by atoms with Gasteiger partial charge in [-0.05, 0) is 37.1 Å². The number of rotatable bonds is 3. The van der Waals surface area contributed by atoms with Crippen molar-refractivity contribution in [1.82, 2.24) is 0 Å². The first-order valence-electron chi connectivity index (χ1n) is 7.77. The molecule has 1 aliphatic carbocycles. The number of anilines is 1. The minimum atomic E-state index is 0.172. The van der Waals surface area contributed by atoms with E-state index in [9.17, 15) is 4.79 Å². The van der Waals surface area contributed by atoms with E-state index in [4.69, 9.17) is 18.0 Å². The fraction of sp³-hybridized carbons (Fsp3) is 0.529. The molecule has 0 bridgehead atoms. The SMILES string of the molecule is CN(C(=O)C1CCCCCCC1)c1ccc(C(N)=S)cc1. The van der Waals surface area contributed by atoms with Crippen LogP contribution in [0.5, 0.6) is 0 Å². The minimum Gasteiger partial charge on any atom is -0.389 e. The second-order valence-corrected chi connectivity index (χ2v) is 6.29. The van der Waals surface area contributed by atoms with Gasteiger partial charge in [0, 0.05) is 24.2 Å². The maximum Gasteiger partial charge on any atom is 0.229 e. The quantitative estimate of drug-likeness (QED) is 0.867. The van der Waals surface area contributed by atoms with Gasteiger partial charge in [0.2, 0.25) is 5.91 Å². The largest absolute Gasteiger partial charge is 0.389 e. The third kappa shape index (κ3) is 4.27. The van der Waals surface area contributed by atoms with Crippen molar-refractivity contribution < 1.29 is 4.79 Å². The zero-order valence-electron chi connectivity index (χ0n) is 12.7. The first kappa shape index (κ1) is 16.0. The molecule has 1 amide bonds. The molecule has 3 nitrogen and oxygen atoms in total. The molecule has 0 aromatic heterocycles. The van der Waals surface area contributed by atoms with E-state index in [1.807, 2.05) is 31.3 Å². The Labute approximate surface area is 132 Å². The summed E-state index contributed by atoms with van der Waals surface area (Å²) in [5.74, 6) is 0.408. The Bertz CT molecular complexity index is 490. The molecule has 1 aliphatic rings. The summed E-state index contributed by atoms with van der Waals surface area (Å²) >= 11 is 4.95. The Morgan fingerprint density at radius 2 is 1.62 bits per heavy atom. The Balaban J connectivity index is 2.04. The predicted octanol–water partition coefficient (Wildman–Crippen LogP) is 3.64. The van der Waals surface area contributed by atoms with Crippen LogP contribution in [0.1, 0.15) is 50.5 Å². The smallest absolute Gasteiger partial charge is 0.229 e. The highest BCUT2D eigenvalue weighted by molar-refractivity contribution is 7.80. The molecule has 1 aromatic carbocycles. The first-order chi connectivity index (χ1) is 10.1. The molecule has 2 N–H and O–H groups in total. The molecule has 1 aromatic rings. The molecule has 0 atom stereocenters. The molecule has 0 radical (unpaired) electrons. The summed E-state index contributed by atoms with van der Waals surface area (Å²) in [6.07, 6.45) is 8.22. The van der Waals surface area contributed by atoms with E-state index in [0.29, 0.717) is 4.99 Å². The number of nitrogens with two attached hydrogens (primary N) is 1. The average molecular weight is 304 g/mol. The molecule has 1 fully saturated rings. The molecular formula is C17H24N2OS. The van der Waals surface area contributed by atoms with Gasteiger partial charge in [0.15, 0.2) is 0 Å². The highest BCUT2D eigenvalue weighted by atomic mass is 32.1. The van der Waals surface area contributed by atoms with E-state index in [2.05, 4.69) is 0 Å². The third-order valence-corrected chi connectivity index (χ3v) is 4.56. The lowest BCUT2D eigenvalue weighted by Crippen LogP contribution is -2.33. The fourth-order valence-electron chi connectivity index (χ4n) is 2.95. The van der Waals surface area contributed by atoms with Crippen LogP contribution in [0.4, 0.5) is 5.69 Å². The summed E-state index contributed by atoms with van der Waals surface area (Å²) in [6, 6.07) is 7.57. The van der Waals surface area contributed by atoms with Gasteiger partial charge >= 0.3 is 0 Å². The van der Waals surface area contributed by atoms with Crippen LogP contribution in [0.2, 0.25) is 0 Å².